The smallest absolute Gasteiger partial charge is 0.221 e. The summed E-state index contributed by atoms with van der Waals surface area (Å²) < 4.78 is 8.56. The van der Waals surface area contributed by atoms with Crippen LogP contribution in [0.1, 0.15) is 42.1 Å². The van der Waals surface area contributed by atoms with Gasteiger partial charge >= 0.3 is 0 Å². The predicted octanol–water partition coefficient (Wildman–Crippen LogP) is 6.72. The van der Waals surface area contributed by atoms with Crippen LogP contribution in [0.2, 0.25) is 5.02 Å². The highest BCUT2D eigenvalue weighted by atomic mass is 35.5. The number of aryl methyl sites for hydroxylation is 2. The molecule has 2 aliphatic heterocycles. The van der Waals surface area contributed by atoms with Gasteiger partial charge in [0.25, 0.3) is 0 Å². The lowest BCUT2D eigenvalue weighted by Crippen LogP contribution is -2.47. The van der Waals surface area contributed by atoms with Gasteiger partial charge < -0.3 is 4.74 Å². The van der Waals surface area contributed by atoms with Crippen LogP contribution >= 0.6 is 23.4 Å². The van der Waals surface area contributed by atoms with Crippen LogP contribution < -0.4 is 4.74 Å². The maximum Gasteiger partial charge on any atom is 0.221 e. The van der Waals surface area contributed by atoms with Crippen molar-refractivity contribution in [3.05, 3.63) is 75.9 Å². The van der Waals surface area contributed by atoms with Crippen molar-refractivity contribution in [2.75, 3.05) is 5.75 Å². The van der Waals surface area contributed by atoms with E-state index >= 15 is 0 Å². The van der Waals surface area contributed by atoms with Crippen molar-refractivity contribution in [2.24, 2.45) is 5.92 Å². The van der Waals surface area contributed by atoms with Gasteiger partial charge in [0.2, 0.25) is 5.88 Å². The normalized spacial score (nSPS) is 20.9. The fourth-order valence-electron chi connectivity index (χ4n) is 5.21. The Bertz CT molecular complexity index is 1390. The summed E-state index contributed by atoms with van der Waals surface area (Å²) in [6, 6.07) is 16.5. The average Bonchev–Trinajstić information content (AvgIpc) is 3.07. The van der Waals surface area contributed by atoms with Gasteiger partial charge in [0.1, 0.15) is 10.6 Å². The summed E-state index contributed by atoms with van der Waals surface area (Å²) in [7, 11) is 0. The summed E-state index contributed by atoms with van der Waals surface area (Å²) in [5, 5.41) is 7.88. The molecule has 4 nitrogen and oxygen atoms in total. The number of rotatable bonds is 1. The van der Waals surface area contributed by atoms with Crippen molar-refractivity contribution in [1.29, 1.82) is 0 Å². The minimum atomic E-state index is -0.352. The van der Waals surface area contributed by atoms with E-state index in [4.69, 9.17) is 26.4 Å². The standard InChI is InChI=1S/C26H24ClN3OS/c1-14-8-7-9-16-12-17-22-18(13-32-24(17)28-23(14)16)26(3,4)31-25-21(22)15(2)29-30(25)20-11-6-5-10-19(20)27/h5-12,18,22H,13H2,1-4H3. The zero-order valence-electron chi connectivity index (χ0n) is 18.5. The van der Waals surface area contributed by atoms with Gasteiger partial charge in [-0.15, -0.1) is 11.8 Å². The van der Waals surface area contributed by atoms with E-state index in [1.165, 1.54) is 16.5 Å². The van der Waals surface area contributed by atoms with E-state index in [9.17, 15) is 0 Å². The van der Waals surface area contributed by atoms with Gasteiger partial charge in [-0.2, -0.15) is 9.78 Å². The summed E-state index contributed by atoms with van der Waals surface area (Å²) in [6.07, 6.45) is 0. The fourth-order valence-corrected chi connectivity index (χ4v) is 6.87. The van der Waals surface area contributed by atoms with Gasteiger partial charge in [0.15, 0.2) is 0 Å². The van der Waals surface area contributed by atoms with Crippen LogP contribution in [0.5, 0.6) is 5.88 Å². The molecule has 0 N–H and O–H groups in total. The van der Waals surface area contributed by atoms with Gasteiger partial charge in [0, 0.05) is 28.5 Å². The lowest BCUT2D eigenvalue weighted by atomic mass is 9.72. The molecule has 2 atom stereocenters. The van der Waals surface area contributed by atoms with E-state index in [1.54, 1.807) is 0 Å². The monoisotopic (exact) mass is 461 g/mol. The summed E-state index contributed by atoms with van der Waals surface area (Å²) in [5.41, 5.74) is 6.21. The Balaban J connectivity index is 1.62. The van der Waals surface area contributed by atoms with Gasteiger partial charge in [-0.05, 0) is 57.0 Å². The van der Waals surface area contributed by atoms with Crippen LogP contribution in [-0.2, 0) is 0 Å². The van der Waals surface area contributed by atoms with Crippen molar-refractivity contribution < 1.29 is 4.74 Å². The molecule has 0 bridgehead atoms. The third-order valence-corrected chi connectivity index (χ3v) is 8.33. The van der Waals surface area contributed by atoms with Crippen molar-refractivity contribution in [3.8, 4) is 11.6 Å². The van der Waals surface area contributed by atoms with Crippen LogP contribution in [0, 0.1) is 19.8 Å². The predicted molar refractivity (Wildman–Crippen MR) is 131 cm³/mol. The van der Waals surface area contributed by atoms with Crippen molar-refractivity contribution in [1.82, 2.24) is 14.8 Å². The Morgan fingerprint density at radius 2 is 1.94 bits per heavy atom. The highest BCUT2D eigenvalue weighted by molar-refractivity contribution is 7.99. The van der Waals surface area contributed by atoms with E-state index in [-0.39, 0.29) is 11.5 Å². The number of fused-ring (bicyclic) bond motifs is 6. The largest absolute Gasteiger partial charge is 0.471 e. The van der Waals surface area contributed by atoms with E-state index in [0.717, 1.165) is 39.1 Å². The summed E-state index contributed by atoms with van der Waals surface area (Å²) in [5.74, 6) is 2.26. The first-order valence-corrected chi connectivity index (χ1v) is 12.3. The Labute approximate surface area is 197 Å². The topological polar surface area (TPSA) is 39.9 Å². The number of para-hydroxylation sites is 2. The lowest BCUT2D eigenvalue weighted by molar-refractivity contribution is 0.0199. The number of pyridine rings is 1. The number of thioether (sulfide) groups is 1. The number of halogens is 1. The molecule has 2 unspecified atom stereocenters. The molecule has 6 rings (SSSR count). The first-order valence-electron chi connectivity index (χ1n) is 10.9. The molecule has 0 saturated heterocycles. The zero-order chi connectivity index (χ0) is 22.2. The number of ether oxygens (including phenoxy) is 1. The molecular formula is C26H24ClN3OS. The second kappa shape index (κ2) is 7.00. The Morgan fingerprint density at radius 3 is 2.75 bits per heavy atom. The Morgan fingerprint density at radius 1 is 1.12 bits per heavy atom. The maximum atomic E-state index is 6.68. The highest BCUT2D eigenvalue weighted by Crippen LogP contribution is 2.55. The quantitative estimate of drug-likeness (QED) is 0.315. The second-order valence-corrected chi connectivity index (χ2v) is 10.7. The van der Waals surface area contributed by atoms with Crippen LogP contribution in [-0.4, -0.2) is 26.1 Å². The second-order valence-electron chi connectivity index (χ2n) is 9.30. The minimum absolute atomic E-state index is 0.179. The molecule has 0 radical (unpaired) electrons. The first-order chi connectivity index (χ1) is 15.3. The van der Waals surface area contributed by atoms with Crippen molar-refractivity contribution >= 4 is 34.3 Å². The molecule has 0 aliphatic carbocycles. The van der Waals surface area contributed by atoms with Gasteiger partial charge in [-0.1, -0.05) is 41.9 Å². The highest BCUT2D eigenvalue weighted by Gasteiger charge is 2.50. The molecule has 0 saturated carbocycles. The molecule has 2 aromatic carbocycles. The molecule has 32 heavy (non-hydrogen) atoms. The van der Waals surface area contributed by atoms with Crippen LogP contribution in [0.4, 0.5) is 0 Å². The molecule has 0 fully saturated rings. The van der Waals surface area contributed by atoms with Crippen LogP contribution in [0.15, 0.2) is 53.6 Å². The number of benzene rings is 2. The van der Waals surface area contributed by atoms with Gasteiger partial charge in [-0.3, -0.25) is 0 Å². The van der Waals surface area contributed by atoms with Crippen LogP contribution in [0.25, 0.3) is 16.6 Å². The molecule has 162 valence electrons. The summed E-state index contributed by atoms with van der Waals surface area (Å²) >= 11 is 8.40. The SMILES string of the molecule is Cc1nn(-c2ccccc2Cl)c2c1C1c3cc4cccc(C)c4nc3SCC1C(C)(C)O2. The maximum absolute atomic E-state index is 6.68. The number of hydrogen-bond donors (Lipinski definition) is 0. The van der Waals surface area contributed by atoms with E-state index in [2.05, 4.69) is 52.0 Å². The zero-order valence-corrected chi connectivity index (χ0v) is 20.1. The van der Waals surface area contributed by atoms with E-state index in [0.29, 0.717) is 10.9 Å². The number of aromatic nitrogens is 3. The molecule has 2 aliphatic rings. The molecular weight excluding hydrogens is 438 g/mol. The average molecular weight is 462 g/mol. The summed E-state index contributed by atoms with van der Waals surface area (Å²) in [4.78, 5) is 5.11. The third kappa shape index (κ3) is 2.84. The molecule has 0 amide bonds. The molecule has 4 heterocycles. The Hall–Kier alpha value is -2.50. The van der Waals surface area contributed by atoms with Crippen molar-refractivity contribution in [3.63, 3.8) is 0 Å². The van der Waals surface area contributed by atoms with Crippen molar-refractivity contribution in [2.45, 2.75) is 44.2 Å². The molecule has 0 spiro atoms. The van der Waals surface area contributed by atoms with Crippen LogP contribution in [0.3, 0.4) is 0 Å². The molecule has 4 aromatic rings. The number of nitrogens with zero attached hydrogens (tertiary/aromatic N) is 3. The lowest BCUT2D eigenvalue weighted by Gasteiger charge is -2.46. The van der Waals surface area contributed by atoms with E-state index in [1.807, 2.05) is 40.7 Å². The molecule has 6 heteroatoms. The van der Waals surface area contributed by atoms with Gasteiger partial charge in [-0.25, -0.2) is 4.98 Å². The van der Waals surface area contributed by atoms with Gasteiger partial charge in [0.05, 0.1) is 21.9 Å². The first kappa shape index (κ1) is 20.1. The number of hydrogen-bond acceptors (Lipinski definition) is 4. The molecule has 2 aromatic heterocycles. The van der Waals surface area contributed by atoms with E-state index < -0.39 is 0 Å². The third-order valence-electron chi connectivity index (χ3n) is 6.88. The fraction of sp³-hybridized carbons (Fsp3) is 0.308. The summed E-state index contributed by atoms with van der Waals surface area (Å²) in [6.45, 7) is 8.59. The minimum Gasteiger partial charge on any atom is -0.471 e. The Kier molecular flexibility index (Phi) is 4.40.